The first-order valence-electron chi connectivity index (χ1n) is 7.06. The van der Waals surface area contributed by atoms with Gasteiger partial charge in [-0.3, -0.25) is 0 Å². The maximum Gasteiger partial charge on any atom is 0.152 e. The van der Waals surface area contributed by atoms with Crippen LogP contribution in [0.2, 0.25) is 0 Å². The van der Waals surface area contributed by atoms with E-state index in [0.717, 1.165) is 23.5 Å². The van der Waals surface area contributed by atoms with Crippen molar-refractivity contribution in [3.63, 3.8) is 0 Å². The van der Waals surface area contributed by atoms with E-state index in [0.29, 0.717) is 0 Å². The molecule has 0 spiro atoms. The largest absolute Gasteiger partial charge is 0.495 e. The van der Waals surface area contributed by atoms with E-state index in [-0.39, 0.29) is 17.5 Å². The predicted octanol–water partition coefficient (Wildman–Crippen LogP) is 1.99. The van der Waals surface area contributed by atoms with Gasteiger partial charge in [0.15, 0.2) is 9.84 Å². The van der Waals surface area contributed by atoms with Gasteiger partial charge in [-0.05, 0) is 38.7 Å². The number of rotatable bonds is 8. The van der Waals surface area contributed by atoms with Crippen molar-refractivity contribution in [1.29, 1.82) is 0 Å². The zero-order valence-corrected chi connectivity index (χ0v) is 14.3. The Hall–Kier alpha value is -1.27. The van der Waals surface area contributed by atoms with E-state index in [1.807, 2.05) is 39.2 Å². The predicted molar refractivity (Wildman–Crippen MR) is 87.8 cm³/mol. The number of sulfone groups is 1. The van der Waals surface area contributed by atoms with Gasteiger partial charge in [0.05, 0.1) is 18.6 Å². The minimum atomic E-state index is -3.00. The maximum atomic E-state index is 11.7. The molecule has 6 heteroatoms. The second-order valence-corrected chi connectivity index (χ2v) is 7.91. The zero-order valence-electron chi connectivity index (χ0n) is 13.5. The summed E-state index contributed by atoms with van der Waals surface area (Å²) in [6.45, 7) is 4.35. The van der Waals surface area contributed by atoms with Crippen LogP contribution < -0.4 is 10.1 Å². The second-order valence-electron chi connectivity index (χ2n) is 5.52. The number of anilines is 1. The Bertz CT molecular complexity index is 556. The lowest BCUT2D eigenvalue weighted by molar-refractivity contribution is 0.400. The summed E-state index contributed by atoms with van der Waals surface area (Å²) in [7, 11) is 2.63. The highest BCUT2D eigenvalue weighted by molar-refractivity contribution is 7.91. The van der Waals surface area contributed by atoms with Crippen molar-refractivity contribution >= 4 is 15.5 Å². The lowest BCUT2D eigenvalue weighted by atomic mass is 10.1. The van der Waals surface area contributed by atoms with Crippen molar-refractivity contribution < 1.29 is 13.2 Å². The van der Waals surface area contributed by atoms with E-state index in [1.54, 1.807) is 14.0 Å². The molecule has 0 saturated carbocycles. The molecule has 1 rings (SSSR count). The fourth-order valence-electron chi connectivity index (χ4n) is 2.14. The third kappa shape index (κ3) is 5.93. The molecule has 0 aromatic heterocycles. The van der Waals surface area contributed by atoms with E-state index in [2.05, 4.69) is 10.2 Å². The average molecular weight is 314 g/mol. The van der Waals surface area contributed by atoms with Crippen LogP contribution in [0, 0.1) is 0 Å². The summed E-state index contributed by atoms with van der Waals surface area (Å²) < 4.78 is 28.7. The van der Waals surface area contributed by atoms with Crippen molar-refractivity contribution in [2.45, 2.75) is 26.4 Å². The van der Waals surface area contributed by atoms with Crippen molar-refractivity contribution in [2.75, 3.05) is 38.0 Å². The average Bonchev–Trinajstić information content (AvgIpc) is 2.37. The monoisotopic (exact) mass is 314 g/mol. The molecule has 0 radical (unpaired) electrons. The van der Waals surface area contributed by atoms with Gasteiger partial charge < -0.3 is 15.0 Å². The van der Waals surface area contributed by atoms with Gasteiger partial charge >= 0.3 is 0 Å². The van der Waals surface area contributed by atoms with Gasteiger partial charge in [-0.2, -0.15) is 0 Å². The lowest BCUT2D eigenvalue weighted by Crippen LogP contribution is -2.27. The summed E-state index contributed by atoms with van der Waals surface area (Å²) in [5.41, 5.74) is 1.98. The Balaban J connectivity index is 2.89. The Morgan fingerprint density at radius 2 is 2.00 bits per heavy atom. The SMILES string of the molecule is CCS(=O)(=O)CC(C)Nc1cc(CN(C)C)ccc1OC. The van der Waals surface area contributed by atoms with Gasteiger partial charge in [-0.25, -0.2) is 8.42 Å². The molecule has 0 bridgehead atoms. The number of benzene rings is 1. The van der Waals surface area contributed by atoms with E-state index in [1.165, 1.54) is 0 Å². The first-order chi connectivity index (χ1) is 9.77. The van der Waals surface area contributed by atoms with E-state index < -0.39 is 9.84 Å². The second kappa shape index (κ2) is 7.66. The third-order valence-electron chi connectivity index (χ3n) is 3.11. The first kappa shape index (κ1) is 17.8. The van der Waals surface area contributed by atoms with E-state index >= 15 is 0 Å². The molecule has 0 aliphatic carbocycles. The van der Waals surface area contributed by atoms with Crippen molar-refractivity contribution in [1.82, 2.24) is 4.90 Å². The van der Waals surface area contributed by atoms with Gasteiger partial charge in [0.25, 0.3) is 0 Å². The van der Waals surface area contributed by atoms with Gasteiger partial charge in [-0.15, -0.1) is 0 Å². The standard InChI is InChI=1S/C15H26N2O3S/c1-6-21(18,19)11-12(2)16-14-9-13(10-17(3)4)7-8-15(14)20-5/h7-9,12,16H,6,10-11H2,1-5H3. The molecular weight excluding hydrogens is 288 g/mol. The Labute approximate surface area is 128 Å². The van der Waals surface area contributed by atoms with Crippen LogP contribution in [0.15, 0.2) is 18.2 Å². The molecule has 0 aliphatic heterocycles. The Kier molecular flexibility index (Phi) is 6.48. The van der Waals surface area contributed by atoms with Crippen molar-refractivity contribution in [3.8, 4) is 5.75 Å². The van der Waals surface area contributed by atoms with Crippen LogP contribution in [0.4, 0.5) is 5.69 Å². The molecule has 120 valence electrons. The van der Waals surface area contributed by atoms with Gasteiger partial charge in [0.2, 0.25) is 0 Å². The zero-order chi connectivity index (χ0) is 16.0. The summed E-state index contributed by atoms with van der Waals surface area (Å²) >= 11 is 0. The highest BCUT2D eigenvalue weighted by Gasteiger charge is 2.15. The molecule has 0 fully saturated rings. The quantitative estimate of drug-likeness (QED) is 0.795. The molecule has 5 nitrogen and oxygen atoms in total. The smallest absolute Gasteiger partial charge is 0.152 e. The molecule has 1 N–H and O–H groups in total. The first-order valence-corrected chi connectivity index (χ1v) is 8.88. The fourth-order valence-corrected chi connectivity index (χ4v) is 3.22. The lowest BCUT2D eigenvalue weighted by Gasteiger charge is -2.19. The van der Waals surface area contributed by atoms with Gasteiger partial charge in [-0.1, -0.05) is 13.0 Å². The normalized spacial score (nSPS) is 13.2. The van der Waals surface area contributed by atoms with E-state index in [9.17, 15) is 8.42 Å². The number of nitrogens with zero attached hydrogens (tertiary/aromatic N) is 1. The minimum Gasteiger partial charge on any atom is -0.495 e. The van der Waals surface area contributed by atoms with Crippen LogP contribution in [-0.2, 0) is 16.4 Å². The van der Waals surface area contributed by atoms with E-state index in [4.69, 9.17) is 4.74 Å². The maximum absolute atomic E-state index is 11.7. The molecule has 1 atom stereocenters. The summed E-state index contributed by atoms with van der Waals surface area (Å²) in [5, 5.41) is 3.24. The highest BCUT2D eigenvalue weighted by Crippen LogP contribution is 2.26. The Morgan fingerprint density at radius 3 is 2.52 bits per heavy atom. The molecule has 1 unspecified atom stereocenters. The molecule has 0 heterocycles. The van der Waals surface area contributed by atoms with Crippen molar-refractivity contribution in [3.05, 3.63) is 23.8 Å². The number of hydrogen-bond donors (Lipinski definition) is 1. The summed E-state index contributed by atoms with van der Waals surface area (Å²) in [5.74, 6) is 1.000. The molecule has 0 aliphatic rings. The summed E-state index contributed by atoms with van der Waals surface area (Å²) in [6.07, 6.45) is 0. The molecule has 1 aromatic rings. The van der Waals surface area contributed by atoms with Gasteiger partial charge in [0, 0.05) is 18.3 Å². The number of ether oxygens (including phenoxy) is 1. The van der Waals surface area contributed by atoms with Crippen LogP contribution in [0.1, 0.15) is 19.4 Å². The molecule has 1 aromatic carbocycles. The number of nitrogens with one attached hydrogen (secondary N) is 1. The molecule has 21 heavy (non-hydrogen) atoms. The van der Waals surface area contributed by atoms with Crippen LogP contribution in [0.5, 0.6) is 5.75 Å². The highest BCUT2D eigenvalue weighted by atomic mass is 32.2. The fraction of sp³-hybridized carbons (Fsp3) is 0.600. The van der Waals surface area contributed by atoms with Crippen LogP contribution >= 0.6 is 0 Å². The van der Waals surface area contributed by atoms with Gasteiger partial charge in [0.1, 0.15) is 5.75 Å². The Morgan fingerprint density at radius 1 is 1.33 bits per heavy atom. The molecular formula is C15H26N2O3S. The molecule has 0 amide bonds. The van der Waals surface area contributed by atoms with Crippen LogP contribution in [-0.4, -0.2) is 52.1 Å². The summed E-state index contributed by atoms with van der Waals surface area (Å²) in [4.78, 5) is 2.08. The topological polar surface area (TPSA) is 58.6 Å². The minimum absolute atomic E-state index is 0.116. The van der Waals surface area contributed by atoms with Crippen molar-refractivity contribution in [2.24, 2.45) is 0 Å². The van der Waals surface area contributed by atoms with Crippen LogP contribution in [0.3, 0.4) is 0 Å². The molecule has 0 saturated heterocycles. The van der Waals surface area contributed by atoms with Crippen LogP contribution in [0.25, 0.3) is 0 Å². The number of hydrogen-bond acceptors (Lipinski definition) is 5. The third-order valence-corrected chi connectivity index (χ3v) is 5.00. The number of methoxy groups -OCH3 is 1. The summed E-state index contributed by atoms with van der Waals surface area (Å²) in [6, 6.07) is 5.76.